The number of rotatable bonds is 2. The maximum Gasteiger partial charge on any atom is 0.133 e. The zero-order valence-corrected chi connectivity index (χ0v) is 7.32. The van der Waals surface area contributed by atoms with E-state index in [4.69, 9.17) is 4.74 Å². The molecule has 2 heterocycles. The molecule has 0 spiro atoms. The number of epoxide rings is 1. The van der Waals surface area contributed by atoms with Crippen LogP contribution in [0, 0.1) is 0 Å². The van der Waals surface area contributed by atoms with Gasteiger partial charge in [0.2, 0.25) is 0 Å². The Kier molecular flexibility index (Phi) is 1.73. The van der Waals surface area contributed by atoms with Gasteiger partial charge >= 0.3 is 0 Å². The highest BCUT2D eigenvalue weighted by Crippen LogP contribution is 2.34. The average Bonchev–Trinajstić information content (AvgIpc) is 2.87. The standard InChI is InChI=1S/C9H12N2O/c1-11(2)9-7(8-6-12-8)4-3-5-10-9/h3-5,8H,6H2,1-2H3. The van der Waals surface area contributed by atoms with Crippen LogP contribution in [-0.2, 0) is 4.74 Å². The predicted molar refractivity (Wildman–Crippen MR) is 47.3 cm³/mol. The Labute approximate surface area is 72.0 Å². The molecule has 1 fully saturated rings. The highest BCUT2D eigenvalue weighted by atomic mass is 16.6. The van der Waals surface area contributed by atoms with Crippen molar-refractivity contribution in [3.63, 3.8) is 0 Å². The van der Waals surface area contributed by atoms with Crippen molar-refractivity contribution in [3.05, 3.63) is 23.9 Å². The Morgan fingerprint density at radius 3 is 2.92 bits per heavy atom. The van der Waals surface area contributed by atoms with E-state index in [1.807, 2.05) is 25.1 Å². The molecule has 0 bridgehead atoms. The number of aromatic nitrogens is 1. The van der Waals surface area contributed by atoms with Crippen molar-refractivity contribution in [3.8, 4) is 0 Å². The lowest BCUT2D eigenvalue weighted by Crippen LogP contribution is -2.12. The quantitative estimate of drug-likeness (QED) is 0.615. The molecule has 2 rings (SSSR count). The molecular weight excluding hydrogens is 152 g/mol. The number of pyridine rings is 1. The molecule has 0 N–H and O–H groups in total. The first-order valence-corrected chi connectivity index (χ1v) is 4.03. The fourth-order valence-electron chi connectivity index (χ4n) is 1.26. The van der Waals surface area contributed by atoms with Gasteiger partial charge in [-0.1, -0.05) is 6.07 Å². The number of nitrogens with zero attached hydrogens (tertiary/aromatic N) is 2. The topological polar surface area (TPSA) is 28.7 Å². The molecule has 1 atom stereocenters. The summed E-state index contributed by atoms with van der Waals surface area (Å²) in [7, 11) is 3.99. The van der Waals surface area contributed by atoms with E-state index in [1.54, 1.807) is 6.20 Å². The van der Waals surface area contributed by atoms with E-state index in [0.29, 0.717) is 0 Å². The van der Waals surface area contributed by atoms with Gasteiger partial charge in [0, 0.05) is 25.9 Å². The lowest BCUT2D eigenvalue weighted by molar-refractivity contribution is 0.415. The van der Waals surface area contributed by atoms with E-state index in [9.17, 15) is 0 Å². The number of anilines is 1. The summed E-state index contributed by atoms with van der Waals surface area (Å²) >= 11 is 0. The summed E-state index contributed by atoms with van der Waals surface area (Å²) < 4.78 is 5.22. The Morgan fingerprint density at radius 2 is 2.33 bits per heavy atom. The van der Waals surface area contributed by atoms with E-state index < -0.39 is 0 Å². The Morgan fingerprint density at radius 1 is 1.58 bits per heavy atom. The molecule has 1 aromatic heterocycles. The average molecular weight is 164 g/mol. The third-order valence-electron chi connectivity index (χ3n) is 1.92. The summed E-state index contributed by atoms with van der Waals surface area (Å²) in [6.45, 7) is 0.840. The minimum atomic E-state index is 0.288. The second-order valence-electron chi connectivity index (χ2n) is 3.13. The molecule has 1 unspecified atom stereocenters. The first-order valence-electron chi connectivity index (χ1n) is 4.03. The van der Waals surface area contributed by atoms with Crippen LogP contribution in [0.15, 0.2) is 18.3 Å². The summed E-state index contributed by atoms with van der Waals surface area (Å²) in [5.74, 6) is 1.01. The maximum atomic E-state index is 5.22. The van der Waals surface area contributed by atoms with Crippen molar-refractivity contribution in [2.75, 3.05) is 25.6 Å². The van der Waals surface area contributed by atoms with Crippen molar-refractivity contribution in [2.24, 2.45) is 0 Å². The summed E-state index contributed by atoms with van der Waals surface area (Å²) in [5, 5.41) is 0. The summed E-state index contributed by atoms with van der Waals surface area (Å²) in [6, 6.07) is 4.02. The molecule has 1 aliphatic heterocycles. The summed E-state index contributed by atoms with van der Waals surface area (Å²) in [6.07, 6.45) is 2.09. The third kappa shape index (κ3) is 1.28. The Balaban J connectivity index is 2.36. The van der Waals surface area contributed by atoms with E-state index >= 15 is 0 Å². The summed E-state index contributed by atoms with van der Waals surface area (Å²) in [4.78, 5) is 6.30. The fourth-order valence-corrected chi connectivity index (χ4v) is 1.26. The highest BCUT2D eigenvalue weighted by molar-refractivity contribution is 5.47. The van der Waals surface area contributed by atoms with Gasteiger partial charge in [0.25, 0.3) is 0 Å². The largest absolute Gasteiger partial charge is 0.368 e. The van der Waals surface area contributed by atoms with Crippen molar-refractivity contribution in [1.82, 2.24) is 4.98 Å². The monoisotopic (exact) mass is 164 g/mol. The molecule has 3 nitrogen and oxygen atoms in total. The van der Waals surface area contributed by atoms with Gasteiger partial charge in [0.05, 0.1) is 6.61 Å². The van der Waals surface area contributed by atoms with Crippen LogP contribution in [0.4, 0.5) is 5.82 Å². The first-order chi connectivity index (χ1) is 5.79. The van der Waals surface area contributed by atoms with Crippen molar-refractivity contribution >= 4 is 5.82 Å². The van der Waals surface area contributed by atoms with Crippen molar-refractivity contribution in [1.29, 1.82) is 0 Å². The maximum absolute atomic E-state index is 5.22. The first kappa shape index (κ1) is 7.55. The van der Waals surface area contributed by atoms with Crippen LogP contribution in [0.25, 0.3) is 0 Å². The number of hydrogen-bond donors (Lipinski definition) is 0. The van der Waals surface area contributed by atoms with E-state index in [-0.39, 0.29) is 6.10 Å². The van der Waals surface area contributed by atoms with Crippen LogP contribution >= 0.6 is 0 Å². The van der Waals surface area contributed by atoms with Gasteiger partial charge in [0.15, 0.2) is 0 Å². The molecule has 0 aromatic carbocycles. The number of hydrogen-bond acceptors (Lipinski definition) is 3. The Bertz CT molecular complexity index is 261. The fraction of sp³-hybridized carbons (Fsp3) is 0.444. The van der Waals surface area contributed by atoms with Gasteiger partial charge in [-0.05, 0) is 6.07 Å². The van der Waals surface area contributed by atoms with Gasteiger partial charge in [-0.2, -0.15) is 0 Å². The lowest BCUT2D eigenvalue weighted by Gasteiger charge is -2.13. The van der Waals surface area contributed by atoms with Crippen LogP contribution in [0.5, 0.6) is 0 Å². The second kappa shape index (κ2) is 2.75. The van der Waals surface area contributed by atoms with Crippen LogP contribution < -0.4 is 4.90 Å². The van der Waals surface area contributed by atoms with Crippen LogP contribution in [0.3, 0.4) is 0 Å². The van der Waals surface area contributed by atoms with E-state index in [2.05, 4.69) is 11.1 Å². The number of ether oxygens (including phenoxy) is 1. The van der Waals surface area contributed by atoms with Crippen molar-refractivity contribution < 1.29 is 4.74 Å². The van der Waals surface area contributed by atoms with Gasteiger partial charge in [-0.3, -0.25) is 0 Å². The molecule has 1 aromatic rings. The molecule has 0 amide bonds. The van der Waals surface area contributed by atoms with Crippen LogP contribution in [0.1, 0.15) is 11.7 Å². The Hall–Kier alpha value is -1.09. The van der Waals surface area contributed by atoms with Crippen LogP contribution in [0.2, 0.25) is 0 Å². The normalized spacial score (nSPS) is 20.7. The zero-order chi connectivity index (χ0) is 8.55. The van der Waals surface area contributed by atoms with E-state index in [0.717, 1.165) is 12.4 Å². The summed E-state index contributed by atoms with van der Waals surface area (Å²) in [5.41, 5.74) is 1.20. The molecule has 1 aliphatic rings. The van der Waals surface area contributed by atoms with Gasteiger partial charge in [-0.25, -0.2) is 4.98 Å². The highest BCUT2D eigenvalue weighted by Gasteiger charge is 2.28. The molecule has 0 radical (unpaired) electrons. The van der Waals surface area contributed by atoms with Crippen molar-refractivity contribution in [2.45, 2.75) is 6.10 Å². The van der Waals surface area contributed by atoms with Gasteiger partial charge in [-0.15, -0.1) is 0 Å². The molecular formula is C9H12N2O. The molecule has 64 valence electrons. The lowest BCUT2D eigenvalue weighted by atomic mass is 10.2. The zero-order valence-electron chi connectivity index (χ0n) is 7.32. The van der Waals surface area contributed by atoms with E-state index in [1.165, 1.54) is 5.56 Å². The smallest absolute Gasteiger partial charge is 0.133 e. The van der Waals surface area contributed by atoms with Gasteiger partial charge in [0.1, 0.15) is 11.9 Å². The molecule has 0 aliphatic carbocycles. The van der Waals surface area contributed by atoms with Gasteiger partial charge < -0.3 is 9.64 Å². The minimum absolute atomic E-state index is 0.288. The third-order valence-corrected chi connectivity index (χ3v) is 1.92. The predicted octanol–water partition coefficient (Wildman–Crippen LogP) is 1.22. The minimum Gasteiger partial charge on any atom is -0.368 e. The SMILES string of the molecule is CN(C)c1ncccc1C1CO1. The molecule has 12 heavy (non-hydrogen) atoms. The second-order valence-corrected chi connectivity index (χ2v) is 3.13. The molecule has 1 saturated heterocycles. The molecule has 0 saturated carbocycles. The van der Waals surface area contributed by atoms with Crippen LogP contribution in [-0.4, -0.2) is 25.7 Å². The molecule has 3 heteroatoms.